The van der Waals surface area contributed by atoms with Gasteiger partial charge in [-0.15, -0.1) is 0 Å². The van der Waals surface area contributed by atoms with Gasteiger partial charge in [-0.25, -0.2) is 8.42 Å². The fourth-order valence-corrected chi connectivity index (χ4v) is 4.76. The molecule has 1 N–H and O–H groups in total. The number of ketones is 1. The summed E-state index contributed by atoms with van der Waals surface area (Å²) < 4.78 is 28.0. The fraction of sp³-hybridized carbons (Fsp3) is 0.0870. The molecule has 0 saturated heterocycles. The van der Waals surface area contributed by atoms with Crippen molar-refractivity contribution in [2.45, 2.75) is 13.5 Å². The van der Waals surface area contributed by atoms with E-state index < -0.39 is 15.8 Å². The Bertz CT molecular complexity index is 1180. The van der Waals surface area contributed by atoms with Gasteiger partial charge in [0.1, 0.15) is 0 Å². The molecule has 3 aromatic rings. The van der Waals surface area contributed by atoms with Crippen LogP contribution in [-0.4, -0.2) is 14.2 Å². The average Bonchev–Trinajstić information content (AvgIpc) is 2.73. The third kappa shape index (κ3) is 3.67. The van der Waals surface area contributed by atoms with Gasteiger partial charge in [-0.3, -0.25) is 9.10 Å². The maximum absolute atomic E-state index is 13.4. The number of aryl methyl sites for hydroxylation is 1. The first-order chi connectivity index (χ1) is 14.0. The minimum absolute atomic E-state index is 0.148. The van der Waals surface area contributed by atoms with E-state index in [4.69, 9.17) is 0 Å². The number of anilines is 2. The van der Waals surface area contributed by atoms with E-state index in [1.165, 1.54) is 10.5 Å². The highest BCUT2D eigenvalue weighted by Gasteiger charge is 2.39. The summed E-state index contributed by atoms with van der Waals surface area (Å²) in [6, 6.07) is 23.6. The third-order valence-corrected chi connectivity index (χ3v) is 6.56. The fourth-order valence-electron chi connectivity index (χ4n) is 3.23. The van der Waals surface area contributed by atoms with Crippen molar-refractivity contribution in [1.29, 1.82) is 0 Å². The lowest BCUT2D eigenvalue weighted by molar-refractivity contribution is 0.104. The minimum atomic E-state index is -4.02. The number of rotatable bonds is 4. The molecular weight excluding hydrogens is 384 g/mol. The summed E-state index contributed by atoms with van der Waals surface area (Å²) in [5.41, 5.74) is 3.41. The second-order valence-electron chi connectivity index (χ2n) is 6.86. The minimum Gasteiger partial charge on any atom is -0.360 e. The lowest BCUT2D eigenvalue weighted by Gasteiger charge is -2.31. The molecule has 1 aliphatic heterocycles. The summed E-state index contributed by atoms with van der Waals surface area (Å²) in [5.74, 6) is -0.510. The van der Waals surface area contributed by atoms with Gasteiger partial charge in [-0.05, 0) is 36.8 Å². The molecule has 0 fully saturated rings. The summed E-state index contributed by atoms with van der Waals surface area (Å²) >= 11 is 0. The van der Waals surface area contributed by atoms with Crippen molar-refractivity contribution in [3.8, 4) is 0 Å². The lowest BCUT2D eigenvalue weighted by atomic mass is 10.1. The van der Waals surface area contributed by atoms with Gasteiger partial charge < -0.3 is 5.32 Å². The van der Waals surface area contributed by atoms with Crippen molar-refractivity contribution < 1.29 is 13.2 Å². The van der Waals surface area contributed by atoms with Crippen molar-refractivity contribution in [2.75, 3.05) is 9.62 Å². The van der Waals surface area contributed by atoms with E-state index in [0.29, 0.717) is 16.9 Å². The van der Waals surface area contributed by atoms with Crippen LogP contribution in [0.25, 0.3) is 0 Å². The predicted molar refractivity (Wildman–Crippen MR) is 115 cm³/mol. The third-order valence-electron chi connectivity index (χ3n) is 4.80. The molecule has 0 aliphatic carbocycles. The van der Waals surface area contributed by atoms with Gasteiger partial charge >= 0.3 is 0 Å². The van der Waals surface area contributed by atoms with Crippen LogP contribution in [0, 0.1) is 6.92 Å². The summed E-state index contributed by atoms with van der Waals surface area (Å²) in [7, 11) is -4.02. The van der Waals surface area contributed by atoms with Crippen molar-refractivity contribution in [3.05, 3.63) is 107 Å². The SMILES string of the molecule is Cc1ccc(CN2c3ccccc3C(=O)C(=CNc3ccccc3)S2(=O)=O)cc1. The Hall–Kier alpha value is -3.38. The van der Waals surface area contributed by atoms with E-state index in [0.717, 1.165) is 11.1 Å². The first-order valence-electron chi connectivity index (χ1n) is 9.20. The van der Waals surface area contributed by atoms with E-state index >= 15 is 0 Å². The first-order valence-corrected chi connectivity index (χ1v) is 10.6. The monoisotopic (exact) mass is 404 g/mol. The van der Waals surface area contributed by atoms with Gasteiger partial charge in [0.2, 0.25) is 5.78 Å². The molecule has 146 valence electrons. The molecule has 3 aromatic carbocycles. The number of hydrogen-bond donors (Lipinski definition) is 1. The van der Waals surface area contributed by atoms with Crippen LogP contribution in [0.5, 0.6) is 0 Å². The normalized spacial score (nSPS) is 16.5. The van der Waals surface area contributed by atoms with E-state index in [1.807, 2.05) is 49.4 Å². The zero-order valence-electron chi connectivity index (χ0n) is 15.9. The Labute approximate surface area is 170 Å². The molecule has 5 nitrogen and oxygen atoms in total. The first kappa shape index (κ1) is 19.0. The molecule has 1 aliphatic rings. The van der Waals surface area contributed by atoms with Crippen LogP contribution < -0.4 is 9.62 Å². The van der Waals surface area contributed by atoms with Crippen LogP contribution in [0.4, 0.5) is 11.4 Å². The summed E-state index contributed by atoms with van der Waals surface area (Å²) in [6.07, 6.45) is 1.28. The molecule has 29 heavy (non-hydrogen) atoms. The second-order valence-corrected chi connectivity index (χ2v) is 8.69. The van der Waals surface area contributed by atoms with E-state index in [9.17, 15) is 13.2 Å². The Kier molecular flexibility index (Phi) is 4.94. The number of fused-ring (bicyclic) bond motifs is 1. The van der Waals surface area contributed by atoms with Crippen LogP contribution in [0.1, 0.15) is 21.5 Å². The molecule has 0 aromatic heterocycles. The highest BCUT2D eigenvalue weighted by atomic mass is 32.2. The molecule has 0 saturated carbocycles. The Morgan fingerprint density at radius 1 is 0.897 bits per heavy atom. The molecule has 0 amide bonds. The van der Waals surface area contributed by atoms with Crippen LogP contribution in [0.15, 0.2) is 90.0 Å². The molecule has 0 atom stereocenters. The summed E-state index contributed by atoms with van der Waals surface area (Å²) in [5, 5.41) is 2.93. The van der Waals surface area contributed by atoms with Gasteiger partial charge in [0, 0.05) is 17.5 Å². The quantitative estimate of drug-likeness (QED) is 0.651. The largest absolute Gasteiger partial charge is 0.360 e. The van der Waals surface area contributed by atoms with Gasteiger partial charge in [0.05, 0.1) is 12.2 Å². The van der Waals surface area contributed by atoms with Crippen molar-refractivity contribution in [2.24, 2.45) is 0 Å². The standard InChI is InChI=1S/C23H20N2O3S/c1-17-11-13-18(14-12-17)16-25-21-10-6-5-9-20(21)23(26)22(29(25,27)28)15-24-19-7-3-2-4-8-19/h2-15,24H,16H2,1H3. The lowest BCUT2D eigenvalue weighted by Crippen LogP contribution is -2.39. The predicted octanol–water partition coefficient (Wildman–Crippen LogP) is 4.48. The number of nitrogens with zero attached hydrogens (tertiary/aromatic N) is 1. The average molecular weight is 404 g/mol. The molecule has 4 rings (SSSR count). The smallest absolute Gasteiger partial charge is 0.270 e. The molecule has 6 heteroatoms. The number of benzene rings is 3. The van der Waals surface area contributed by atoms with Crippen LogP contribution in [0.2, 0.25) is 0 Å². The van der Waals surface area contributed by atoms with Gasteiger partial charge in [0.25, 0.3) is 10.0 Å². The van der Waals surface area contributed by atoms with Gasteiger partial charge in [-0.1, -0.05) is 60.2 Å². The van der Waals surface area contributed by atoms with Crippen molar-refractivity contribution >= 4 is 27.2 Å². The van der Waals surface area contributed by atoms with Crippen LogP contribution in [-0.2, 0) is 16.6 Å². The van der Waals surface area contributed by atoms with Gasteiger partial charge in [0.15, 0.2) is 4.91 Å². The van der Waals surface area contributed by atoms with Gasteiger partial charge in [-0.2, -0.15) is 0 Å². The molecule has 0 bridgehead atoms. The molecule has 0 spiro atoms. The Balaban J connectivity index is 1.78. The summed E-state index contributed by atoms with van der Waals surface area (Å²) in [6.45, 7) is 2.13. The summed E-state index contributed by atoms with van der Waals surface area (Å²) in [4.78, 5) is 12.7. The number of nitrogens with one attached hydrogen (secondary N) is 1. The molecule has 0 unspecified atom stereocenters. The Morgan fingerprint density at radius 2 is 1.55 bits per heavy atom. The van der Waals surface area contributed by atoms with Crippen molar-refractivity contribution in [3.63, 3.8) is 0 Å². The highest BCUT2D eigenvalue weighted by molar-refractivity contribution is 7.97. The topological polar surface area (TPSA) is 66.5 Å². The van der Waals surface area contributed by atoms with E-state index in [2.05, 4.69) is 5.32 Å². The number of carbonyl (C=O) groups excluding carboxylic acids is 1. The number of hydrogen-bond acceptors (Lipinski definition) is 4. The number of carbonyl (C=O) groups is 1. The maximum atomic E-state index is 13.4. The second kappa shape index (κ2) is 7.56. The van der Waals surface area contributed by atoms with Crippen molar-refractivity contribution in [1.82, 2.24) is 0 Å². The molecule has 0 radical (unpaired) electrons. The number of Topliss-reactive ketones (excluding diaryl/α,β-unsaturated/α-hetero) is 1. The zero-order chi connectivity index (χ0) is 20.4. The number of allylic oxidation sites excluding steroid dienone is 1. The molecule has 1 heterocycles. The maximum Gasteiger partial charge on any atom is 0.270 e. The zero-order valence-corrected chi connectivity index (χ0v) is 16.7. The van der Waals surface area contributed by atoms with E-state index in [-0.39, 0.29) is 11.4 Å². The van der Waals surface area contributed by atoms with Crippen LogP contribution in [0.3, 0.4) is 0 Å². The number of sulfonamides is 1. The molecular formula is C23H20N2O3S. The highest BCUT2D eigenvalue weighted by Crippen LogP contribution is 2.36. The number of para-hydroxylation sites is 2. The Morgan fingerprint density at radius 3 is 2.28 bits per heavy atom. The van der Waals surface area contributed by atoms with E-state index in [1.54, 1.807) is 36.4 Å². The van der Waals surface area contributed by atoms with Crippen LogP contribution >= 0.6 is 0 Å².